The summed E-state index contributed by atoms with van der Waals surface area (Å²) in [6.07, 6.45) is 2.23. The van der Waals surface area contributed by atoms with Gasteiger partial charge >= 0.3 is 0 Å². The fourth-order valence-corrected chi connectivity index (χ4v) is 4.58. The van der Waals surface area contributed by atoms with Crippen LogP contribution in [0.1, 0.15) is 12.8 Å². The van der Waals surface area contributed by atoms with E-state index < -0.39 is 0 Å². The van der Waals surface area contributed by atoms with Crippen LogP contribution in [0.5, 0.6) is 5.75 Å². The van der Waals surface area contributed by atoms with E-state index in [0.29, 0.717) is 25.4 Å². The molecule has 2 aliphatic heterocycles. The summed E-state index contributed by atoms with van der Waals surface area (Å²) in [6.45, 7) is 5.10. The third-order valence-electron chi connectivity index (χ3n) is 5.54. The van der Waals surface area contributed by atoms with Gasteiger partial charge in [0.15, 0.2) is 5.16 Å². The van der Waals surface area contributed by atoms with E-state index in [1.807, 2.05) is 28.0 Å². The molecule has 1 aromatic heterocycles. The number of nitrogens with one attached hydrogen (secondary N) is 1. The number of carbonyl (C=O) groups is 2. The summed E-state index contributed by atoms with van der Waals surface area (Å²) in [5, 5.41) is 0.733. The highest BCUT2D eigenvalue weighted by Gasteiger charge is 2.25. The zero-order valence-corrected chi connectivity index (χ0v) is 17.5. The predicted molar refractivity (Wildman–Crippen MR) is 112 cm³/mol. The molecule has 0 aliphatic carbocycles. The van der Waals surface area contributed by atoms with Gasteiger partial charge in [0.1, 0.15) is 5.75 Å². The number of imidazole rings is 1. The van der Waals surface area contributed by atoms with Crippen LogP contribution in [0.15, 0.2) is 23.4 Å². The van der Waals surface area contributed by atoms with Crippen molar-refractivity contribution in [2.24, 2.45) is 0 Å². The second-order valence-electron chi connectivity index (χ2n) is 7.46. The Bertz CT molecular complexity index is 872. The monoisotopic (exact) mass is 417 g/mol. The van der Waals surface area contributed by atoms with E-state index in [9.17, 15) is 9.59 Å². The van der Waals surface area contributed by atoms with Crippen molar-refractivity contribution in [2.45, 2.75) is 18.0 Å². The molecular formula is C20H27N5O3S. The van der Waals surface area contributed by atoms with Gasteiger partial charge < -0.3 is 19.5 Å². The summed E-state index contributed by atoms with van der Waals surface area (Å²) in [7, 11) is 1.63. The Morgan fingerprint density at radius 3 is 2.52 bits per heavy atom. The van der Waals surface area contributed by atoms with Gasteiger partial charge in [0.2, 0.25) is 11.8 Å². The number of hydrogen-bond donors (Lipinski definition) is 1. The fourth-order valence-electron chi connectivity index (χ4n) is 3.80. The van der Waals surface area contributed by atoms with Crippen molar-refractivity contribution < 1.29 is 14.3 Å². The molecule has 3 heterocycles. The highest BCUT2D eigenvalue weighted by atomic mass is 32.2. The van der Waals surface area contributed by atoms with E-state index in [1.54, 1.807) is 7.11 Å². The Morgan fingerprint density at radius 1 is 1.07 bits per heavy atom. The van der Waals surface area contributed by atoms with Crippen LogP contribution in [0.4, 0.5) is 0 Å². The molecule has 0 bridgehead atoms. The molecular weight excluding hydrogens is 390 g/mol. The first-order valence-electron chi connectivity index (χ1n) is 10.1. The number of benzene rings is 1. The maximum atomic E-state index is 12.6. The standard InChI is InChI=1S/C20H27N5O3S/c1-28-15-4-5-16-17(12-15)22-20(21-16)29-14-19(27)25-10-8-23(9-11-25)13-18(26)24-6-2-3-7-24/h4-5,12H,2-3,6-11,13-14H2,1H3,(H,21,22). The van der Waals surface area contributed by atoms with E-state index in [0.717, 1.165) is 61.0 Å². The van der Waals surface area contributed by atoms with Crippen molar-refractivity contribution in [3.8, 4) is 5.75 Å². The topological polar surface area (TPSA) is 81.8 Å². The first-order chi connectivity index (χ1) is 14.1. The number of piperazine rings is 1. The third-order valence-corrected chi connectivity index (χ3v) is 6.40. The smallest absolute Gasteiger partial charge is 0.236 e. The number of ether oxygens (including phenoxy) is 1. The summed E-state index contributed by atoms with van der Waals surface area (Å²) < 4.78 is 5.23. The van der Waals surface area contributed by atoms with Gasteiger partial charge in [-0.2, -0.15) is 0 Å². The molecule has 2 aromatic rings. The summed E-state index contributed by atoms with van der Waals surface area (Å²) in [5.74, 6) is 1.46. The molecule has 9 heteroatoms. The van der Waals surface area contributed by atoms with Crippen LogP contribution in [0.25, 0.3) is 11.0 Å². The van der Waals surface area contributed by atoms with Gasteiger partial charge in [-0.15, -0.1) is 0 Å². The number of rotatable bonds is 6. The molecule has 0 atom stereocenters. The lowest BCUT2D eigenvalue weighted by Gasteiger charge is -2.35. The second kappa shape index (κ2) is 9.04. The number of nitrogens with zero attached hydrogens (tertiary/aromatic N) is 4. The molecule has 1 aromatic carbocycles. The summed E-state index contributed by atoms with van der Waals surface area (Å²) in [4.78, 5) is 38.6. The Balaban J connectivity index is 1.23. The number of H-pyrrole nitrogens is 1. The number of methoxy groups -OCH3 is 1. The molecule has 2 amide bonds. The summed E-state index contributed by atoms with van der Waals surface area (Å²) in [6, 6.07) is 5.67. The molecule has 29 heavy (non-hydrogen) atoms. The summed E-state index contributed by atoms with van der Waals surface area (Å²) in [5.41, 5.74) is 1.76. The van der Waals surface area contributed by atoms with Gasteiger partial charge in [-0.1, -0.05) is 11.8 Å². The molecule has 2 saturated heterocycles. The van der Waals surface area contributed by atoms with Crippen molar-refractivity contribution >= 4 is 34.6 Å². The molecule has 0 unspecified atom stereocenters. The van der Waals surface area contributed by atoms with Crippen LogP contribution in [0, 0.1) is 0 Å². The van der Waals surface area contributed by atoms with Gasteiger partial charge in [-0.3, -0.25) is 14.5 Å². The summed E-state index contributed by atoms with van der Waals surface area (Å²) >= 11 is 1.42. The van der Waals surface area contributed by atoms with Gasteiger partial charge in [0.05, 0.1) is 30.4 Å². The quantitative estimate of drug-likeness (QED) is 0.716. The zero-order valence-electron chi connectivity index (χ0n) is 16.7. The van der Waals surface area contributed by atoms with Crippen molar-refractivity contribution in [1.82, 2.24) is 24.7 Å². The number of hydrogen-bond acceptors (Lipinski definition) is 6. The molecule has 4 rings (SSSR count). The molecule has 0 radical (unpaired) electrons. The lowest BCUT2D eigenvalue weighted by Crippen LogP contribution is -2.51. The van der Waals surface area contributed by atoms with Gasteiger partial charge in [0, 0.05) is 45.3 Å². The zero-order chi connectivity index (χ0) is 20.2. The largest absolute Gasteiger partial charge is 0.497 e. The van der Waals surface area contributed by atoms with Crippen LogP contribution < -0.4 is 4.74 Å². The number of likely N-dealkylation sites (tertiary alicyclic amines) is 1. The van der Waals surface area contributed by atoms with Gasteiger partial charge in [-0.25, -0.2) is 4.98 Å². The average molecular weight is 418 g/mol. The number of fused-ring (bicyclic) bond motifs is 1. The van der Waals surface area contributed by atoms with Crippen LogP contribution in [0.3, 0.4) is 0 Å². The number of carbonyl (C=O) groups excluding carboxylic acids is 2. The first-order valence-corrected chi connectivity index (χ1v) is 11.1. The minimum Gasteiger partial charge on any atom is -0.497 e. The molecule has 0 saturated carbocycles. The fraction of sp³-hybridized carbons (Fsp3) is 0.550. The number of thioether (sulfide) groups is 1. The maximum Gasteiger partial charge on any atom is 0.236 e. The molecule has 2 aliphatic rings. The Kier molecular flexibility index (Phi) is 6.25. The Morgan fingerprint density at radius 2 is 1.79 bits per heavy atom. The van der Waals surface area contributed by atoms with Crippen LogP contribution in [-0.2, 0) is 9.59 Å². The van der Waals surface area contributed by atoms with Crippen molar-refractivity contribution in [1.29, 1.82) is 0 Å². The van der Waals surface area contributed by atoms with E-state index >= 15 is 0 Å². The van der Waals surface area contributed by atoms with Crippen LogP contribution in [0.2, 0.25) is 0 Å². The minimum absolute atomic E-state index is 0.110. The molecule has 8 nitrogen and oxygen atoms in total. The highest BCUT2D eigenvalue weighted by Crippen LogP contribution is 2.23. The predicted octanol–water partition coefficient (Wildman–Crippen LogP) is 1.43. The van der Waals surface area contributed by atoms with Crippen LogP contribution in [-0.4, -0.2) is 95.2 Å². The third kappa shape index (κ3) is 4.84. The maximum absolute atomic E-state index is 12.6. The minimum atomic E-state index is 0.110. The first kappa shape index (κ1) is 20.0. The van der Waals surface area contributed by atoms with E-state index in [1.165, 1.54) is 11.8 Å². The van der Waals surface area contributed by atoms with Crippen LogP contribution >= 0.6 is 11.8 Å². The second-order valence-corrected chi connectivity index (χ2v) is 8.42. The van der Waals surface area contributed by atoms with Crippen molar-refractivity contribution in [3.63, 3.8) is 0 Å². The SMILES string of the molecule is COc1ccc2nc(SCC(=O)N3CCN(CC(=O)N4CCCC4)CC3)[nH]c2c1. The van der Waals surface area contributed by atoms with E-state index in [-0.39, 0.29) is 11.8 Å². The highest BCUT2D eigenvalue weighted by molar-refractivity contribution is 7.99. The Labute approximate surface area is 174 Å². The normalized spacial score (nSPS) is 17.8. The lowest BCUT2D eigenvalue weighted by molar-refractivity contribution is -0.133. The van der Waals surface area contributed by atoms with E-state index in [2.05, 4.69) is 14.9 Å². The molecule has 0 spiro atoms. The van der Waals surface area contributed by atoms with Gasteiger partial charge in [0.25, 0.3) is 0 Å². The lowest BCUT2D eigenvalue weighted by atomic mass is 10.3. The van der Waals surface area contributed by atoms with E-state index in [4.69, 9.17) is 4.74 Å². The Hall–Kier alpha value is -2.26. The number of aromatic amines is 1. The van der Waals surface area contributed by atoms with Crippen molar-refractivity contribution in [2.75, 3.05) is 58.7 Å². The molecule has 1 N–H and O–H groups in total. The number of aromatic nitrogens is 2. The average Bonchev–Trinajstić information content (AvgIpc) is 3.41. The molecule has 156 valence electrons. The van der Waals surface area contributed by atoms with Crippen molar-refractivity contribution in [3.05, 3.63) is 18.2 Å². The molecule has 2 fully saturated rings. The van der Waals surface area contributed by atoms with Gasteiger partial charge in [-0.05, 0) is 25.0 Å². The number of amides is 2.